The van der Waals surface area contributed by atoms with Crippen LogP contribution in [0.5, 0.6) is 5.75 Å². The number of esters is 2. The first kappa shape index (κ1) is 29.5. The van der Waals surface area contributed by atoms with Crippen LogP contribution in [0.3, 0.4) is 0 Å². The van der Waals surface area contributed by atoms with Gasteiger partial charge in [0.1, 0.15) is 12.4 Å². The molecule has 9 heteroatoms. The maximum Gasteiger partial charge on any atom is 0.320 e. The minimum atomic E-state index is -1.04. The van der Waals surface area contributed by atoms with E-state index in [1.165, 1.54) is 14.2 Å². The lowest BCUT2D eigenvalue weighted by atomic mass is 9.99. The minimum absolute atomic E-state index is 0.106. The van der Waals surface area contributed by atoms with Gasteiger partial charge in [-0.1, -0.05) is 78.1 Å². The second-order valence-corrected chi connectivity index (χ2v) is 10.8. The van der Waals surface area contributed by atoms with Gasteiger partial charge in [0.25, 0.3) is 0 Å². The summed E-state index contributed by atoms with van der Waals surface area (Å²) in [7, 11) is 2.45. The fourth-order valence-electron chi connectivity index (χ4n) is 4.79. The van der Waals surface area contributed by atoms with Gasteiger partial charge < -0.3 is 14.2 Å². The Balaban J connectivity index is 1.22. The molecule has 0 spiro atoms. The smallest absolute Gasteiger partial charge is 0.320 e. The molecule has 0 unspecified atom stereocenters. The number of rotatable bonds is 11. The van der Waals surface area contributed by atoms with Crippen molar-refractivity contribution in [3.8, 4) is 16.9 Å². The molecule has 0 saturated heterocycles. The molecule has 0 bridgehead atoms. The molecule has 0 aliphatic carbocycles. The Kier molecular flexibility index (Phi) is 9.12. The van der Waals surface area contributed by atoms with Crippen molar-refractivity contribution in [2.75, 3.05) is 20.8 Å². The van der Waals surface area contributed by atoms with Gasteiger partial charge in [0.15, 0.2) is 11.7 Å². The Hall–Kier alpha value is -5.02. The Bertz CT molecular complexity index is 1790. The van der Waals surface area contributed by atoms with Gasteiger partial charge in [-0.05, 0) is 53.4 Å². The number of thiazole rings is 1. The molecule has 0 radical (unpaired) electrons. The Labute approximate surface area is 252 Å². The number of hydrogen-bond donors (Lipinski definition) is 0. The molecule has 43 heavy (non-hydrogen) atoms. The van der Waals surface area contributed by atoms with Gasteiger partial charge in [-0.2, -0.15) is 0 Å². The molecule has 0 saturated carbocycles. The lowest BCUT2D eigenvalue weighted by molar-refractivity contribution is -0.158. The van der Waals surface area contributed by atoms with E-state index in [9.17, 15) is 19.2 Å². The molecule has 5 aromatic rings. The number of aromatic nitrogens is 1. The van der Waals surface area contributed by atoms with E-state index in [-0.39, 0.29) is 23.7 Å². The van der Waals surface area contributed by atoms with Crippen LogP contribution in [-0.2, 0) is 32.0 Å². The van der Waals surface area contributed by atoms with E-state index in [2.05, 4.69) is 0 Å². The van der Waals surface area contributed by atoms with Crippen molar-refractivity contribution < 1.29 is 28.6 Å². The van der Waals surface area contributed by atoms with Crippen molar-refractivity contribution in [1.82, 2.24) is 4.57 Å². The first-order valence-corrected chi connectivity index (χ1v) is 14.4. The summed E-state index contributed by atoms with van der Waals surface area (Å²) in [4.78, 5) is 49.7. The number of methoxy groups -OCH3 is 2. The van der Waals surface area contributed by atoms with E-state index >= 15 is 0 Å². The summed E-state index contributed by atoms with van der Waals surface area (Å²) in [5.41, 5.74) is 4.70. The summed E-state index contributed by atoms with van der Waals surface area (Å²) in [6, 6.07) is 29.8. The van der Waals surface area contributed by atoms with Gasteiger partial charge >= 0.3 is 16.8 Å². The Morgan fingerprint density at radius 3 is 2.05 bits per heavy atom. The zero-order chi connectivity index (χ0) is 30.3. The topological polar surface area (TPSA) is 101 Å². The fourth-order valence-corrected chi connectivity index (χ4v) is 5.75. The van der Waals surface area contributed by atoms with Crippen LogP contribution in [0.1, 0.15) is 21.5 Å². The van der Waals surface area contributed by atoms with Crippen LogP contribution >= 0.6 is 11.3 Å². The van der Waals surface area contributed by atoms with E-state index in [4.69, 9.17) is 14.2 Å². The summed E-state index contributed by atoms with van der Waals surface area (Å²) in [5.74, 6) is -1.89. The summed E-state index contributed by atoms with van der Waals surface area (Å²) < 4.78 is 17.6. The zero-order valence-electron chi connectivity index (χ0n) is 23.6. The predicted octanol–water partition coefficient (Wildman–Crippen LogP) is 5.54. The number of carbonyl (C=O) groups is 3. The molecule has 0 fully saturated rings. The quantitative estimate of drug-likeness (QED) is 0.112. The van der Waals surface area contributed by atoms with Gasteiger partial charge in [0, 0.05) is 11.1 Å². The van der Waals surface area contributed by atoms with Crippen LogP contribution in [0.2, 0.25) is 0 Å². The van der Waals surface area contributed by atoms with Gasteiger partial charge in [-0.25, -0.2) is 0 Å². The van der Waals surface area contributed by atoms with E-state index in [1.807, 2.05) is 54.6 Å². The third kappa shape index (κ3) is 6.73. The lowest BCUT2D eigenvalue weighted by Gasteiger charge is -2.13. The molecule has 1 heterocycles. The van der Waals surface area contributed by atoms with Crippen molar-refractivity contribution in [1.29, 1.82) is 0 Å². The van der Waals surface area contributed by atoms with E-state index < -0.39 is 17.9 Å². The van der Waals surface area contributed by atoms with E-state index in [0.717, 1.165) is 38.2 Å². The van der Waals surface area contributed by atoms with Crippen LogP contribution in [0.4, 0.5) is 0 Å². The van der Waals surface area contributed by atoms with Crippen molar-refractivity contribution in [2.45, 2.75) is 13.0 Å². The van der Waals surface area contributed by atoms with Crippen LogP contribution in [0, 0.1) is 5.92 Å². The second kappa shape index (κ2) is 13.3. The highest BCUT2D eigenvalue weighted by atomic mass is 32.1. The maximum absolute atomic E-state index is 13.2. The molecule has 5 rings (SSSR count). The first-order valence-electron chi connectivity index (χ1n) is 13.6. The summed E-state index contributed by atoms with van der Waals surface area (Å²) in [6.45, 7) is 0.564. The molecule has 8 nitrogen and oxygen atoms in total. The van der Waals surface area contributed by atoms with Gasteiger partial charge in [0.2, 0.25) is 0 Å². The molecule has 0 aliphatic rings. The van der Waals surface area contributed by atoms with E-state index in [1.54, 1.807) is 47.0 Å². The summed E-state index contributed by atoms with van der Waals surface area (Å²) in [6.07, 6.45) is 0.138. The Morgan fingerprint density at radius 2 is 1.40 bits per heavy atom. The maximum atomic E-state index is 13.2. The average molecular weight is 596 g/mol. The number of ketones is 1. The average Bonchev–Trinajstić information content (AvgIpc) is 3.37. The van der Waals surface area contributed by atoms with Crippen LogP contribution in [0.25, 0.3) is 21.3 Å². The molecular weight excluding hydrogens is 566 g/mol. The second-order valence-electron chi connectivity index (χ2n) is 9.77. The highest BCUT2D eigenvalue weighted by Crippen LogP contribution is 2.24. The van der Waals surface area contributed by atoms with Gasteiger partial charge in [-0.3, -0.25) is 23.7 Å². The van der Waals surface area contributed by atoms with Crippen molar-refractivity contribution in [2.24, 2.45) is 5.92 Å². The standard InChI is InChI=1S/C34H29NO7S/c1-40-32(37)28(33(38)41-2)20-22-8-15-27(16-9-22)42-19-18-35-29-17-14-26(21-30(29)43-34(35)39)31(36)25-12-10-24(11-13-25)23-6-4-3-5-7-23/h3-17,21,28H,18-20H2,1-2H3. The lowest BCUT2D eigenvalue weighted by Crippen LogP contribution is -2.28. The summed E-state index contributed by atoms with van der Waals surface area (Å²) >= 11 is 1.09. The normalized spacial score (nSPS) is 11.0. The molecule has 0 N–H and O–H groups in total. The summed E-state index contributed by atoms with van der Waals surface area (Å²) in [5, 5.41) is 0. The van der Waals surface area contributed by atoms with Crippen molar-refractivity contribution in [3.63, 3.8) is 0 Å². The molecule has 0 aliphatic heterocycles. The molecule has 0 amide bonds. The highest BCUT2D eigenvalue weighted by Gasteiger charge is 2.28. The third-order valence-corrected chi connectivity index (χ3v) is 8.04. The first-order chi connectivity index (χ1) is 20.9. The van der Waals surface area contributed by atoms with Crippen LogP contribution < -0.4 is 9.61 Å². The SMILES string of the molecule is COC(=O)C(Cc1ccc(OCCn2c(=O)sc3cc(C(=O)c4ccc(-c5ccccc5)cc4)ccc32)cc1)C(=O)OC. The van der Waals surface area contributed by atoms with Crippen LogP contribution in [0.15, 0.2) is 102 Å². The molecule has 0 atom stereocenters. The van der Waals surface area contributed by atoms with Crippen molar-refractivity contribution in [3.05, 3.63) is 123 Å². The fraction of sp³-hybridized carbons (Fsp3) is 0.176. The molecule has 4 aromatic carbocycles. The van der Waals surface area contributed by atoms with Crippen LogP contribution in [-0.4, -0.2) is 43.1 Å². The number of hydrogen-bond acceptors (Lipinski definition) is 8. The number of ether oxygens (including phenoxy) is 3. The number of fused-ring (bicyclic) bond motifs is 1. The van der Waals surface area contributed by atoms with E-state index in [0.29, 0.717) is 23.4 Å². The number of carbonyl (C=O) groups excluding carboxylic acids is 3. The zero-order valence-corrected chi connectivity index (χ0v) is 24.5. The monoisotopic (exact) mass is 595 g/mol. The van der Waals surface area contributed by atoms with Gasteiger partial charge in [0.05, 0.1) is 31.0 Å². The minimum Gasteiger partial charge on any atom is -0.492 e. The predicted molar refractivity (Wildman–Crippen MR) is 165 cm³/mol. The largest absolute Gasteiger partial charge is 0.492 e. The van der Waals surface area contributed by atoms with Gasteiger partial charge in [-0.15, -0.1) is 0 Å². The molecular formula is C34H29NO7S. The highest BCUT2D eigenvalue weighted by molar-refractivity contribution is 7.16. The number of nitrogens with zero attached hydrogens (tertiary/aromatic N) is 1. The molecule has 218 valence electrons. The molecule has 1 aromatic heterocycles. The Morgan fingerprint density at radius 1 is 0.767 bits per heavy atom. The van der Waals surface area contributed by atoms with Crippen molar-refractivity contribution >= 4 is 39.3 Å². The third-order valence-electron chi connectivity index (χ3n) is 7.10. The number of benzene rings is 4.